The van der Waals surface area contributed by atoms with Crippen molar-refractivity contribution in [1.82, 2.24) is 5.32 Å². The van der Waals surface area contributed by atoms with Crippen LogP contribution in [0.2, 0.25) is 5.02 Å². The summed E-state index contributed by atoms with van der Waals surface area (Å²) in [7, 11) is 0. The van der Waals surface area contributed by atoms with Crippen LogP contribution in [0.4, 0.5) is 5.69 Å². The zero-order chi connectivity index (χ0) is 13.9. The molecule has 1 aliphatic heterocycles. The number of hydrogen-bond acceptors (Lipinski definition) is 3. The minimum Gasteiger partial charge on any atom is -0.374 e. The molecule has 0 amide bonds. The lowest BCUT2D eigenvalue weighted by atomic mass is 10.1. The fourth-order valence-corrected chi connectivity index (χ4v) is 3.70. The normalized spacial score (nSPS) is 25.8. The van der Waals surface area contributed by atoms with Crippen LogP contribution in [0.3, 0.4) is 0 Å². The Morgan fingerprint density at radius 2 is 2.30 bits per heavy atom. The Labute approximate surface area is 126 Å². The van der Waals surface area contributed by atoms with E-state index in [2.05, 4.69) is 35.3 Å². The third-order valence-electron chi connectivity index (χ3n) is 4.38. The largest absolute Gasteiger partial charge is 0.374 e. The number of rotatable bonds is 4. The molecule has 0 radical (unpaired) electrons. The highest BCUT2D eigenvalue weighted by molar-refractivity contribution is 6.33. The van der Waals surface area contributed by atoms with Crippen molar-refractivity contribution >= 4 is 17.3 Å². The van der Waals surface area contributed by atoms with E-state index in [1.165, 1.54) is 30.5 Å². The van der Waals surface area contributed by atoms with Crippen LogP contribution in [0.5, 0.6) is 0 Å². The molecule has 1 heterocycles. The summed E-state index contributed by atoms with van der Waals surface area (Å²) in [5, 5.41) is 4.20. The number of ether oxygens (including phenoxy) is 1. The number of benzene rings is 1. The molecule has 0 spiro atoms. The molecule has 0 aromatic heterocycles. The monoisotopic (exact) mass is 294 g/mol. The van der Waals surface area contributed by atoms with Crippen molar-refractivity contribution in [2.75, 3.05) is 24.6 Å². The van der Waals surface area contributed by atoms with E-state index in [1.54, 1.807) is 0 Å². The van der Waals surface area contributed by atoms with Crippen LogP contribution in [0.1, 0.15) is 31.7 Å². The van der Waals surface area contributed by atoms with E-state index in [0.29, 0.717) is 12.1 Å². The van der Waals surface area contributed by atoms with Gasteiger partial charge < -0.3 is 15.0 Å². The summed E-state index contributed by atoms with van der Waals surface area (Å²) >= 11 is 6.52. The third-order valence-corrected chi connectivity index (χ3v) is 4.69. The molecule has 0 bridgehead atoms. The van der Waals surface area contributed by atoms with Gasteiger partial charge >= 0.3 is 0 Å². The zero-order valence-corrected chi connectivity index (χ0v) is 12.8. The Kier molecular flexibility index (Phi) is 4.49. The summed E-state index contributed by atoms with van der Waals surface area (Å²) in [6.45, 7) is 5.74. The van der Waals surface area contributed by atoms with E-state index in [9.17, 15) is 0 Å². The lowest BCUT2D eigenvalue weighted by Gasteiger charge is -2.39. The van der Waals surface area contributed by atoms with Crippen LogP contribution in [0.15, 0.2) is 18.2 Å². The molecular weight excluding hydrogens is 272 g/mol. The van der Waals surface area contributed by atoms with Crippen molar-refractivity contribution in [3.8, 4) is 0 Å². The van der Waals surface area contributed by atoms with E-state index in [0.717, 1.165) is 31.3 Å². The van der Waals surface area contributed by atoms with Gasteiger partial charge in [-0.3, -0.25) is 0 Å². The van der Waals surface area contributed by atoms with Crippen molar-refractivity contribution in [3.63, 3.8) is 0 Å². The standard InChI is InChI=1S/C16H23ClN2O/c1-2-18-11-12-6-7-14(13(17)10-12)19-8-9-20-16-5-3-4-15(16)19/h6-7,10,15-16,18H,2-5,8-9,11H2,1H3. The summed E-state index contributed by atoms with van der Waals surface area (Å²) in [5.74, 6) is 0. The van der Waals surface area contributed by atoms with E-state index in [4.69, 9.17) is 16.3 Å². The minimum absolute atomic E-state index is 0.404. The van der Waals surface area contributed by atoms with E-state index >= 15 is 0 Å². The smallest absolute Gasteiger partial charge is 0.0779 e. The fourth-order valence-electron chi connectivity index (χ4n) is 3.39. The zero-order valence-electron chi connectivity index (χ0n) is 12.1. The summed E-state index contributed by atoms with van der Waals surface area (Å²) in [4.78, 5) is 2.46. The molecule has 3 rings (SSSR count). The number of anilines is 1. The summed E-state index contributed by atoms with van der Waals surface area (Å²) < 4.78 is 5.88. The van der Waals surface area contributed by atoms with Gasteiger partial charge in [-0.25, -0.2) is 0 Å². The SMILES string of the molecule is CCNCc1ccc(N2CCOC3CCCC32)c(Cl)c1. The number of fused-ring (bicyclic) bond motifs is 1. The molecule has 1 saturated carbocycles. The highest BCUT2D eigenvalue weighted by Gasteiger charge is 2.36. The maximum absolute atomic E-state index is 6.52. The van der Waals surface area contributed by atoms with Crippen molar-refractivity contribution in [2.45, 2.75) is 44.9 Å². The molecule has 2 aliphatic rings. The summed E-state index contributed by atoms with van der Waals surface area (Å²) in [5.41, 5.74) is 2.42. The van der Waals surface area contributed by atoms with Crippen LogP contribution in [-0.2, 0) is 11.3 Å². The maximum Gasteiger partial charge on any atom is 0.0779 e. The van der Waals surface area contributed by atoms with Gasteiger partial charge in [0.1, 0.15) is 0 Å². The van der Waals surface area contributed by atoms with Gasteiger partial charge in [-0.2, -0.15) is 0 Å². The number of morpholine rings is 1. The molecule has 110 valence electrons. The van der Waals surface area contributed by atoms with Crippen LogP contribution in [-0.4, -0.2) is 31.8 Å². The summed E-state index contributed by atoms with van der Waals surface area (Å²) in [6.07, 6.45) is 4.08. The van der Waals surface area contributed by atoms with Crippen LogP contribution in [0, 0.1) is 0 Å². The molecule has 2 unspecified atom stereocenters. The third kappa shape index (κ3) is 2.80. The molecule has 1 aromatic rings. The summed E-state index contributed by atoms with van der Waals surface area (Å²) in [6, 6.07) is 6.97. The molecule has 20 heavy (non-hydrogen) atoms. The second-order valence-corrected chi connectivity index (χ2v) is 6.07. The molecule has 1 aromatic carbocycles. The van der Waals surface area contributed by atoms with E-state index in [1.807, 2.05) is 0 Å². The lowest BCUT2D eigenvalue weighted by molar-refractivity contribution is 0.0256. The van der Waals surface area contributed by atoms with Gasteiger partial charge in [-0.1, -0.05) is 24.6 Å². The Balaban J connectivity index is 1.79. The van der Waals surface area contributed by atoms with Crippen molar-refractivity contribution in [3.05, 3.63) is 28.8 Å². The molecular formula is C16H23ClN2O. The maximum atomic E-state index is 6.52. The molecule has 3 nitrogen and oxygen atoms in total. The highest BCUT2D eigenvalue weighted by Crippen LogP contribution is 2.36. The van der Waals surface area contributed by atoms with Crippen molar-refractivity contribution in [2.24, 2.45) is 0 Å². The van der Waals surface area contributed by atoms with Gasteiger partial charge in [0.05, 0.1) is 29.5 Å². The van der Waals surface area contributed by atoms with Gasteiger partial charge in [0.25, 0.3) is 0 Å². The number of halogens is 1. The average molecular weight is 295 g/mol. The first kappa shape index (κ1) is 14.2. The van der Waals surface area contributed by atoms with Crippen molar-refractivity contribution < 1.29 is 4.74 Å². The Bertz CT molecular complexity index is 466. The highest BCUT2D eigenvalue weighted by atomic mass is 35.5. The topological polar surface area (TPSA) is 24.5 Å². The molecule has 4 heteroatoms. The first-order valence-corrected chi connectivity index (χ1v) is 8.04. The Morgan fingerprint density at radius 1 is 1.40 bits per heavy atom. The van der Waals surface area contributed by atoms with Gasteiger partial charge in [-0.05, 0) is 43.5 Å². The van der Waals surface area contributed by atoms with Gasteiger partial charge in [0, 0.05) is 13.1 Å². The first-order valence-electron chi connectivity index (χ1n) is 7.67. The number of hydrogen-bond donors (Lipinski definition) is 1. The Morgan fingerprint density at radius 3 is 3.10 bits per heavy atom. The molecule has 1 N–H and O–H groups in total. The van der Waals surface area contributed by atoms with Gasteiger partial charge in [0.2, 0.25) is 0 Å². The van der Waals surface area contributed by atoms with Crippen molar-refractivity contribution in [1.29, 1.82) is 0 Å². The minimum atomic E-state index is 0.404. The van der Waals surface area contributed by atoms with Crippen LogP contribution >= 0.6 is 11.6 Å². The molecule has 1 aliphatic carbocycles. The molecule has 1 saturated heterocycles. The van der Waals surface area contributed by atoms with Crippen LogP contribution in [0.25, 0.3) is 0 Å². The van der Waals surface area contributed by atoms with Crippen LogP contribution < -0.4 is 10.2 Å². The predicted octanol–water partition coefficient (Wildman–Crippen LogP) is 3.21. The number of nitrogens with one attached hydrogen (secondary N) is 1. The van der Waals surface area contributed by atoms with Gasteiger partial charge in [-0.15, -0.1) is 0 Å². The predicted molar refractivity (Wildman–Crippen MR) is 83.6 cm³/mol. The first-order chi connectivity index (χ1) is 9.79. The second-order valence-electron chi connectivity index (χ2n) is 5.67. The fraction of sp³-hybridized carbons (Fsp3) is 0.625. The van der Waals surface area contributed by atoms with E-state index in [-0.39, 0.29) is 0 Å². The lowest BCUT2D eigenvalue weighted by Crippen LogP contribution is -2.48. The van der Waals surface area contributed by atoms with E-state index < -0.39 is 0 Å². The number of nitrogens with zero attached hydrogens (tertiary/aromatic N) is 1. The Hall–Kier alpha value is -0.770. The van der Waals surface area contributed by atoms with Gasteiger partial charge in [0.15, 0.2) is 0 Å². The molecule has 2 atom stereocenters. The quantitative estimate of drug-likeness (QED) is 0.923. The average Bonchev–Trinajstić information content (AvgIpc) is 2.94. The molecule has 2 fully saturated rings. The second kappa shape index (κ2) is 6.33.